The lowest BCUT2D eigenvalue weighted by molar-refractivity contribution is -0.133. The number of carbonyl (C=O) groups excluding carboxylic acids is 2. The van der Waals surface area contributed by atoms with Gasteiger partial charge in [-0.2, -0.15) is 4.98 Å². The van der Waals surface area contributed by atoms with Gasteiger partial charge in [0, 0.05) is 38.0 Å². The molecular weight excluding hydrogens is 384 g/mol. The molecule has 1 saturated heterocycles. The van der Waals surface area contributed by atoms with Gasteiger partial charge in [0.15, 0.2) is 0 Å². The lowest BCUT2D eigenvalue weighted by Gasteiger charge is -2.33. The van der Waals surface area contributed by atoms with Gasteiger partial charge in [0.1, 0.15) is 6.26 Å². The molecule has 0 bridgehead atoms. The Kier molecular flexibility index (Phi) is 6.22. The fourth-order valence-electron chi connectivity index (χ4n) is 3.62. The number of hydrogen-bond donors (Lipinski definition) is 1. The quantitative estimate of drug-likeness (QED) is 0.645. The van der Waals surface area contributed by atoms with Crippen molar-refractivity contribution in [2.45, 2.75) is 25.7 Å². The first-order valence-electron chi connectivity index (χ1n) is 10.2. The molecule has 1 N–H and O–H groups in total. The van der Waals surface area contributed by atoms with Gasteiger partial charge >= 0.3 is 0 Å². The molecule has 1 atom stereocenters. The van der Waals surface area contributed by atoms with Crippen molar-refractivity contribution < 1.29 is 18.5 Å². The standard InChI is InChI=1S/C22H24N4O4/c27-20(9-8-19-24-21(25-30-19)18-10-12-29-15-18)26-11-4-5-16(14-26)13-23-22(28)17-6-2-1-3-7-17/h1-3,6-7,10,12,15-16H,4-5,8-9,11,13-14H2,(H,23,28). The van der Waals surface area contributed by atoms with Crippen molar-refractivity contribution in [1.82, 2.24) is 20.4 Å². The molecule has 0 saturated carbocycles. The highest BCUT2D eigenvalue weighted by Gasteiger charge is 2.24. The topological polar surface area (TPSA) is 101 Å². The van der Waals surface area contributed by atoms with Gasteiger partial charge in [0.25, 0.3) is 5.91 Å². The normalized spacial score (nSPS) is 16.4. The maximum Gasteiger partial charge on any atom is 0.251 e. The van der Waals surface area contributed by atoms with Crippen molar-refractivity contribution in [2.24, 2.45) is 5.92 Å². The third-order valence-corrected chi connectivity index (χ3v) is 5.26. The van der Waals surface area contributed by atoms with Crippen LogP contribution in [0.25, 0.3) is 11.4 Å². The first kappa shape index (κ1) is 19.9. The average Bonchev–Trinajstić information content (AvgIpc) is 3.48. The molecular formula is C22H24N4O4. The number of aromatic nitrogens is 2. The molecule has 1 unspecified atom stereocenters. The van der Waals surface area contributed by atoms with Gasteiger partial charge in [-0.3, -0.25) is 9.59 Å². The summed E-state index contributed by atoms with van der Waals surface area (Å²) in [5.74, 6) is 1.13. The number of furan rings is 1. The van der Waals surface area contributed by atoms with Gasteiger partial charge in [0.2, 0.25) is 17.6 Å². The van der Waals surface area contributed by atoms with E-state index in [-0.39, 0.29) is 17.7 Å². The number of aryl methyl sites for hydroxylation is 1. The summed E-state index contributed by atoms with van der Waals surface area (Å²) in [6, 6.07) is 10.9. The monoisotopic (exact) mass is 408 g/mol. The molecule has 1 aliphatic rings. The van der Waals surface area contributed by atoms with Gasteiger partial charge in [-0.25, -0.2) is 0 Å². The van der Waals surface area contributed by atoms with E-state index >= 15 is 0 Å². The predicted molar refractivity (Wildman–Crippen MR) is 108 cm³/mol. The molecule has 2 aromatic heterocycles. The highest BCUT2D eigenvalue weighted by atomic mass is 16.5. The van der Waals surface area contributed by atoms with Crippen molar-refractivity contribution in [1.29, 1.82) is 0 Å². The third-order valence-electron chi connectivity index (χ3n) is 5.26. The van der Waals surface area contributed by atoms with E-state index in [1.807, 2.05) is 23.1 Å². The summed E-state index contributed by atoms with van der Waals surface area (Å²) in [5, 5.41) is 6.90. The molecule has 2 amide bonds. The summed E-state index contributed by atoms with van der Waals surface area (Å²) in [6.07, 6.45) is 5.74. The largest absolute Gasteiger partial charge is 0.472 e. The number of likely N-dealkylation sites (tertiary alicyclic amines) is 1. The first-order chi connectivity index (χ1) is 14.7. The Morgan fingerprint density at radius 3 is 2.87 bits per heavy atom. The van der Waals surface area contributed by atoms with Crippen LogP contribution < -0.4 is 5.32 Å². The summed E-state index contributed by atoms with van der Waals surface area (Å²) in [6.45, 7) is 1.96. The lowest BCUT2D eigenvalue weighted by atomic mass is 9.97. The van der Waals surface area contributed by atoms with Crippen LogP contribution >= 0.6 is 0 Å². The van der Waals surface area contributed by atoms with Crippen molar-refractivity contribution >= 4 is 11.8 Å². The number of carbonyl (C=O) groups is 2. The van der Waals surface area contributed by atoms with E-state index in [2.05, 4.69) is 15.5 Å². The van der Waals surface area contributed by atoms with Crippen LogP contribution in [-0.4, -0.2) is 46.5 Å². The Morgan fingerprint density at radius 1 is 1.20 bits per heavy atom. The van der Waals surface area contributed by atoms with E-state index in [1.165, 1.54) is 0 Å². The van der Waals surface area contributed by atoms with Gasteiger partial charge in [0.05, 0.1) is 11.8 Å². The predicted octanol–water partition coefficient (Wildman–Crippen LogP) is 2.93. The second-order valence-corrected chi connectivity index (χ2v) is 7.45. The molecule has 0 spiro atoms. The molecule has 8 heteroatoms. The second kappa shape index (κ2) is 9.39. The number of nitrogens with one attached hydrogen (secondary N) is 1. The number of piperidine rings is 1. The number of nitrogens with zero attached hydrogens (tertiary/aromatic N) is 3. The number of amides is 2. The maximum absolute atomic E-state index is 12.6. The van der Waals surface area contributed by atoms with Crippen LogP contribution in [0.4, 0.5) is 0 Å². The van der Waals surface area contributed by atoms with Crippen molar-refractivity contribution in [3.63, 3.8) is 0 Å². The highest BCUT2D eigenvalue weighted by molar-refractivity contribution is 5.94. The smallest absolute Gasteiger partial charge is 0.251 e. The molecule has 1 fully saturated rings. The van der Waals surface area contributed by atoms with E-state index in [4.69, 9.17) is 8.94 Å². The number of rotatable bonds is 7. The highest BCUT2D eigenvalue weighted by Crippen LogP contribution is 2.19. The zero-order valence-corrected chi connectivity index (χ0v) is 16.6. The van der Waals surface area contributed by atoms with E-state index in [0.717, 1.165) is 24.9 Å². The zero-order valence-electron chi connectivity index (χ0n) is 16.6. The Bertz CT molecular complexity index is 968. The Morgan fingerprint density at radius 2 is 2.07 bits per heavy atom. The summed E-state index contributed by atoms with van der Waals surface area (Å²) in [5.41, 5.74) is 1.39. The van der Waals surface area contributed by atoms with Gasteiger partial charge in [-0.15, -0.1) is 0 Å². The summed E-state index contributed by atoms with van der Waals surface area (Å²) >= 11 is 0. The van der Waals surface area contributed by atoms with Gasteiger partial charge in [-0.1, -0.05) is 23.4 Å². The van der Waals surface area contributed by atoms with Crippen molar-refractivity contribution in [3.05, 3.63) is 60.4 Å². The molecule has 30 heavy (non-hydrogen) atoms. The molecule has 3 aromatic rings. The summed E-state index contributed by atoms with van der Waals surface area (Å²) in [7, 11) is 0. The SMILES string of the molecule is O=C(NCC1CCCN(C(=O)CCc2nc(-c3ccoc3)no2)C1)c1ccccc1. The molecule has 8 nitrogen and oxygen atoms in total. The van der Waals surface area contributed by atoms with Crippen LogP contribution in [0.3, 0.4) is 0 Å². The fourth-order valence-corrected chi connectivity index (χ4v) is 3.62. The molecule has 0 aliphatic carbocycles. The van der Waals surface area contributed by atoms with Crippen LogP contribution in [0.1, 0.15) is 35.5 Å². The molecule has 4 rings (SSSR count). The zero-order chi connectivity index (χ0) is 20.8. The second-order valence-electron chi connectivity index (χ2n) is 7.45. The summed E-state index contributed by atoms with van der Waals surface area (Å²) < 4.78 is 10.3. The molecule has 1 aliphatic heterocycles. The fraction of sp³-hybridized carbons (Fsp3) is 0.364. The Labute approximate surface area is 174 Å². The van der Waals surface area contributed by atoms with Crippen LogP contribution in [-0.2, 0) is 11.2 Å². The summed E-state index contributed by atoms with van der Waals surface area (Å²) in [4.78, 5) is 31.1. The van der Waals surface area contributed by atoms with E-state index in [1.54, 1.807) is 30.7 Å². The number of hydrogen-bond acceptors (Lipinski definition) is 6. The molecule has 1 aromatic carbocycles. The first-order valence-corrected chi connectivity index (χ1v) is 10.2. The third kappa shape index (κ3) is 4.94. The van der Waals surface area contributed by atoms with Crippen LogP contribution in [0, 0.1) is 5.92 Å². The van der Waals surface area contributed by atoms with Gasteiger partial charge < -0.3 is 19.2 Å². The maximum atomic E-state index is 12.6. The van der Waals surface area contributed by atoms with Crippen molar-refractivity contribution in [3.8, 4) is 11.4 Å². The molecule has 156 valence electrons. The number of benzene rings is 1. The minimum absolute atomic E-state index is 0.0668. The Balaban J connectivity index is 1.24. The lowest BCUT2D eigenvalue weighted by Crippen LogP contribution is -2.43. The molecule has 0 radical (unpaired) electrons. The van der Waals surface area contributed by atoms with E-state index in [0.29, 0.717) is 43.2 Å². The molecule has 3 heterocycles. The van der Waals surface area contributed by atoms with Crippen LogP contribution in [0.2, 0.25) is 0 Å². The average molecular weight is 408 g/mol. The van der Waals surface area contributed by atoms with Crippen molar-refractivity contribution in [2.75, 3.05) is 19.6 Å². The van der Waals surface area contributed by atoms with Gasteiger partial charge in [-0.05, 0) is 37.0 Å². The minimum atomic E-state index is -0.0797. The minimum Gasteiger partial charge on any atom is -0.472 e. The van der Waals surface area contributed by atoms with E-state index in [9.17, 15) is 9.59 Å². The van der Waals surface area contributed by atoms with E-state index < -0.39 is 0 Å². The van der Waals surface area contributed by atoms with Crippen LogP contribution in [0.5, 0.6) is 0 Å². The Hall–Kier alpha value is -3.42. The van der Waals surface area contributed by atoms with Crippen LogP contribution in [0.15, 0.2) is 57.9 Å².